The van der Waals surface area contributed by atoms with Gasteiger partial charge in [0.2, 0.25) is 17.3 Å². The number of halogens is 1. The summed E-state index contributed by atoms with van der Waals surface area (Å²) in [5.74, 6) is 1.25. The van der Waals surface area contributed by atoms with Crippen molar-refractivity contribution in [2.75, 3.05) is 21.3 Å². The number of aliphatic hydroxyl groups is 1. The molecular weight excluding hydrogens is 1100 g/mol. The maximum atomic E-state index is 13.8. The van der Waals surface area contributed by atoms with Gasteiger partial charge in [0.15, 0.2) is 23.0 Å². The summed E-state index contributed by atoms with van der Waals surface area (Å²) in [7, 11) is 3.93. The number of furan rings is 4. The van der Waals surface area contributed by atoms with Crippen LogP contribution >= 0.6 is 0 Å². The molecule has 0 radical (unpaired) electrons. The molecule has 0 amide bonds. The zero-order valence-corrected chi connectivity index (χ0v) is 46.7. The summed E-state index contributed by atoms with van der Waals surface area (Å²) in [6.07, 6.45) is 0. The third-order valence-corrected chi connectivity index (χ3v) is 13.6. The molecule has 14 aromatic rings. The molecule has 0 aliphatic heterocycles. The van der Waals surface area contributed by atoms with Crippen LogP contribution in [0.2, 0.25) is 0 Å². The number of benzene rings is 6. The molecule has 0 bridgehead atoms. The second-order valence-corrected chi connectivity index (χ2v) is 19.3. The molecule has 0 saturated heterocycles. The van der Waals surface area contributed by atoms with Crippen LogP contribution in [0.3, 0.4) is 0 Å². The smallest absolute Gasteiger partial charge is 0.373 e. The van der Waals surface area contributed by atoms with E-state index in [0.29, 0.717) is 64.5 Å². The summed E-state index contributed by atoms with van der Waals surface area (Å²) < 4.78 is 53.6. The van der Waals surface area contributed by atoms with Gasteiger partial charge >= 0.3 is 17.9 Å². The molecule has 0 fully saturated rings. The fourth-order valence-electron chi connectivity index (χ4n) is 9.47. The molecule has 20 heteroatoms. The van der Waals surface area contributed by atoms with Gasteiger partial charge in [0.25, 0.3) is 0 Å². The van der Waals surface area contributed by atoms with Crippen LogP contribution in [0, 0.1) is 12.7 Å². The lowest BCUT2D eigenvalue weighted by Gasteiger charge is -2.04. The van der Waals surface area contributed by atoms with Crippen molar-refractivity contribution in [3.05, 3.63) is 240 Å². The maximum absolute atomic E-state index is 13.8. The molecule has 430 valence electrons. The minimum absolute atomic E-state index is 0.0929. The lowest BCUT2D eigenvalue weighted by atomic mass is 10.1. The number of para-hydroxylation sites is 2. The highest BCUT2D eigenvalue weighted by atomic mass is 19.1. The number of hydrogen-bond donors (Lipinski definition) is 3. The molecule has 86 heavy (non-hydrogen) atoms. The molecule has 8 aromatic heterocycles. The Labute approximate surface area is 488 Å². The number of H-pyrrole nitrogens is 2. The first kappa shape index (κ1) is 56.5. The fraction of sp³-hybridized carbons (Fsp3) is 0.106. The highest BCUT2D eigenvalue weighted by Crippen LogP contribution is 2.34. The van der Waals surface area contributed by atoms with E-state index in [9.17, 15) is 18.8 Å². The maximum Gasteiger partial charge on any atom is 0.373 e. The zero-order chi connectivity index (χ0) is 59.7. The normalized spacial score (nSPS) is 11.0. The van der Waals surface area contributed by atoms with Gasteiger partial charge in [-0.2, -0.15) is 20.4 Å². The van der Waals surface area contributed by atoms with E-state index in [1.807, 2.05) is 120 Å². The Hall–Kier alpha value is -11.4. The molecule has 0 aliphatic rings. The van der Waals surface area contributed by atoms with E-state index < -0.39 is 17.9 Å². The van der Waals surface area contributed by atoms with E-state index in [1.165, 1.54) is 45.1 Å². The third-order valence-electron chi connectivity index (χ3n) is 13.6. The molecular formula is C66H53FN8O11. The fourth-order valence-corrected chi connectivity index (χ4v) is 9.47. The second kappa shape index (κ2) is 25.4. The van der Waals surface area contributed by atoms with Crippen LogP contribution in [0.15, 0.2) is 212 Å². The molecule has 0 saturated carbocycles. The number of nitrogens with zero attached hydrogens (tertiary/aromatic N) is 6. The largest absolute Gasteiger partial charge is 0.463 e. The molecule has 19 nitrogen and oxygen atoms in total. The minimum atomic E-state index is -0.560. The Bertz CT molecular complexity index is 4480. The Morgan fingerprint density at radius 2 is 0.872 bits per heavy atom. The van der Waals surface area contributed by atoms with Crippen LogP contribution in [0.1, 0.15) is 54.1 Å². The summed E-state index contributed by atoms with van der Waals surface area (Å²) in [5, 5.41) is 36.3. The predicted octanol–water partition coefficient (Wildman–Crippen LogP) is 13.6. The molecule has 0 atom stereocenters. The highest BCUT2D eigenvalue weighted by molar-refractivity contribution is 5.96. The predicted molar refractivity (Wildman–Crippen MR) is 318 cm³/mol. The number of aromatic amines is 2. The van der Waals surface area contributed by atoms with Gasteiger partial charge in [-0.25, -0.2) is 18.8 Å². The van der Waals surface area contributed by atoms with Crippen molar-refractivity contribution in [1.29, 1.82) is 0 Å². The first-order chi connectivity index (χ1) is 42.0. The summed E-state index contributed by atoms with van der Waals surface area (Å²) in [5.41, 5.74) is 9.66. The van der Waals surface area contributed by atoms with Crippen molar-refractivity contribution < 1.29 is 55.8 Å². The van der Waals surface area contributed by atoms with Crippen molar-refractivity contribution in [2.45, 2.75) is 26.6 Å². The number of carbonyl (C=O) groups is 3. The first-order valence-electron chi connectivity index (χ1n) is 26.8. The van der Waals surface area contributed by atoms with Crippen LogP contribution in [-0.4, -0.2) is 84.3 Å². The Balaban J connectivity index is 0.000000121. The summed E-state index contributed by atoms with van der Waals surface area (Å²) in [6.45, 7) is 3.11. The van der Waals surface area contributed by atoms with Crippen LogP contribution in [-0.2, 0) is 33.9 Å². The number of aliphatic hydroxyl groups excluding tert-OH is 1. The van der Waals surface area contributed by atoms with Gasteiger partial charge in [0.1, 0.15) is 41.0 Å². The van der Waals surface area contributed by atoms with Crippen molar-refractivity contribution >= 4 is 61.5 Å². The van der Waals surface area contributed by atoms with E-state index >= 15 is 0 Å². The number of carbonyl (C=O) groups excluding carboxylic acids is 3. The lowest BCUT2D eigenvalue weighted by molar-refractivity contribution is 0.0558. The summed E-state index contributed by atoms with van der Waals surface area (Å²) in [4.78, 5) is 34.6. The van der Waals surface area contributed by atoms with Crippen molar-refractivity contribution in [1.82, 2.24) is 40.0 Å². The number of rotatable bonds is 12. The second-order valence-electron chi connectivity index (χ2n) is 19.3. The number of nitrogens with one attached hydrogen (secondary N) is 2. The lowest BCUT2D eigenvalue weighted by Crippen LogP contribution is -2.01. The van der Waals surface area contributed by atoms with Crippen LogP contribution in [0.4, 0.5) is 4.39 Å². The number of ether oxygens (including phenoxy) is 3. The standard InChI is InChI=1S/C21H18N2O3.C20H15FN2O3.C13H10N2O3.C12H10N2O2/c1-14-8-9-16-17(12-14)23(13-15-6-4-3-5-7-15)22-20(16)18-10-11-19(26-18)21(24)25-2;1-25-20(24)18-10-9-17(26-18)19-15-8-7-14(21)11-16(15)23(22-19)12-13-5-3-2-4-6-13;1-17-13(16)11-7-6-10(18-11)12-8-4-2-3-5-9(8)14-15-12;15-7-8-5-6-11(16-8)12-9-3-1-2-4-10(9)13-14-12/h3-12H,13H2,1-2H3;2-11H,12H2,1H3;2-7H,1H3,(H,14,15);1-6,15H,7H2,(H,13,14). The monoisotopic (exact) mass is 1150 g/mol. The quantitative estimate of drug-likeness (QED) is 0.0760. The molecule has 0 spiro atoms. The highest BCUT2D eigenvalue weighted by Gasteiger charge is 2.22. The number of esters is 3. The average molecular weight is 1150 g/mol. The SMILES string of the molecule is COC(=O)c1ccc(-c2n[nH]c3ccccc23)o1.COC(=O)c1ccc(-c2nn(Cc3ccccc3)c3cc(C)ccc23)o1.COC(=O)c1ccc(-c2nn(Cc3ccccc3)c3cc(F)ccc23)o1.OCc1ccc(-c2n[nH]c3ccccc23)o1. The van der Waals surface area contributed by atoms with E-state index in [-0.39, 0.29) is 29.7 Å². The van der Waals surface area contributed by atoms with E-state index in [4.69, 9.17) is 32.6 Å². The topological polar surface area (TPSA) is 245 Å². The number of fused-ring (bicyclic) bond motifs is 4. The number of methoxy groups -OCH3 is 3. The van der Waals surface area contributed by atoms with Gasteiger partial charge < -0.3 is 37.0 Å². The van der Waals surface area contributed by atoms with Gasteiger partial charge in [-0.05, 0) is 109 Å². The molecule has 14 rings (SSSR count). The first-order valence-corrected chi connectivity index (χ1v) is 26.8. The van der Waals surface area contributed by atoms with Gasteiger partial charge in [0.05, 0.1) is 56.5 Å². The molecule has 8 heterocycles. The molecule has 0 aliphatic carbocycles. The van der Waals surface area contributed by atoms with Gasteiger partial charge in [-0.1, -0.05) is 109 Å². The number of aromatic nitrogens is 8. The van der Waals surface area contributed by atoms with Crippen molar-refractivity contribution in [3.8, 4) is 45.8 Å². The molecule has 0 unspecified atom stereocenters. The van der Waals surface area contributed by atoms with Gasteiger partial charge in [0, 0.05) is 21.5 Å². The Morgan fingerprint density at radius 3 is 1.33 bits per heavy atom. The summed E-state index contributed by atoms with van der Waals surface area (Å²) >= 11 is 0. The van der Waals surface area contributed by atoms with E-state index in [2.05, 4.69) is 60.1 Å². The van der Waals surface area contributed by atoms with Crippen LogP contribution < -0.4 is 0 Å². The summed E-state index contributed by atoms with van der Waals surface area (Å²) in [6, 6.07) is 59.6. The number of hydrogen-bond acceptors (Lipinski definition) is 15. The average Bonchev–Trinajstić information content (AvgIpc) is 4.14. The minimum Gasteiger partial charge on any atom is -0.463 e. The molecule has 3 N–H and O–H groups in total. The van der Waals surface area contributed by atoms with Crippen LogP contribution in [0.25, 0.3) is 89.4 Å². The number of aryl methyl sites for hydroxylation is 1. The van der Waals surface area contributed by atoms with Crippen molar-refractivity contribution in [3.63, 3.8) is 0 Å². The van der Waals surface area contributed by atoms with E-state index in [1.54, 1.807) is 47.1 Å². The van der Waals surface area contributed by atoms with Crippen molar-refractivity contribution in [2.24, 2.45) is 0 Å². The third kappa shape index (κ3) is 12.2. The Kier molecular flexibility index (Phi) is 16.7. The molecule has 6 aromatic carbocycles. The zero-order valence-electron chi connectivity index (χ0n) is 46.7. The van der Waals surface area contributed by atoms with Gasteiger partial charge in [-0.3, -0.25) is 19.6 Å². The Morgan fingerprint density at radius 1 is 0.465 bits per heavy atom. The van der Waals surface area contributed by atoms with Crippen LogP contribution in [0.5, 0.6) is 0 Å². The van der Waals surface area contributed by atoms with E-state index in [0.717, 1.165) is 54.9 Å². The van der Waals surface area contributed by atoms with Gasteiger partial charge in [-0.15, -0.1) is 0 Å².